The molecule has 1 saturated carbocycles. The van der Waals surface area contributed by atoms with Crippen LogP contribution in [0.3, 0.4) is 0 Å². The fraction of sp³-hybridized carbons (Fsp3) is 0.250. The maximum atomic E-state index is 12.3. The van der Waals surface area contributed by atoms with E-state index >= 15 is 0 Å². The van der Waals surface area contributed by atoms with Crippen LogP contribution in [0.15, 0.2) is 53.5 Å². The van der Waals surface area contributed by atoms with Gasteiger partial charge in [-0.3, -0.25) is 9.59 Å². The Kier molecular flexibility index (Phi) is 5.83. The number of carboxylic acids is 1. The molecule has 0 spiro atoms. The zero-order valence-electron chi connectivity index (χ0n) is 14.8. The molecule has 2 aromatic rings. The van der Waals surface area contributed by atoms with Gasteiger partial charge in [-0.1, -0.05) is 30.3 Å². The Morgan fingerprint density at radius 1 is 1.22 bits per heavy atom. The number of aliphatic carboxylic acids is 1. The molecule has 7 heteroatoms. The molecule has 2 unspecified atom stereocenters. The normalized spacial score (nSPS) is 18.3. The van der Waals surface area contributed by atoms with Crippen molar-refractivity contribution >= 4 is 23.9 Å². The van der Waals surface area contributed by atoms with Crippen molar-refractivity contribution in [3.8, 4) is 0 Å². The highest BCUT2D eigenvalue weighted by molar-refractivity contribution is 5.95. The number of carbonyl (C=O) groups is 2. The SMILES string of the molecule is NNC=Nc1cccc(C(=O)NCCc2cccc(C3CC3C(=O)O)c2)c1. The zero-order chi connectivity index (χ0) is 19.2. The standard InChI is InChI=1S/C20H22N4O3/c21-24-12-23-16-6-2-5-15(10-16)19(25)22-8-7-13-3-1-4-14(9-13)17-11-18(17)20(26)27/h1-6,9-10,12,17-18H,7-8,11,21H2,(H,22,25)(H,23,24)(H,26,27). The number of hydrogen-bond donors (Lipinski definition) is 4. The maximum Gasteiger partial charge on any atom is 0.307 e. The number of hydrazine groups is 1. The van der Waals surface area contributed by atoms with Crippen molar-refractivity contribution in [2.24, 2.45) is 16.8 Å². The lowest BCUT2D eigenvalue weighted by Crippen LogP contribution is -2.25. The largest absolute Gasteiger partial charge is 0.481 e. The van der Waals surface area contributed by atoms with Crippen molar-refractivity contribution < 1.29 is 14.7 Å². The van der Waals surface area contributed by atoms with Gasteiger partial charge < -0.3 is 15.8 Å². The molecule has 2 atom stereocenters. The van der Waals surface area contributed by atoms with Gasteiger partial charge in [-0.05, 0) is 48.1 Å². The van der Waals surface area contributed by atoms with Crippen molar-refractivity contribution in [1.29, 1.82) is 0 Å². The first-order chi connectivity index (χ1) is 13.1. The number of carboxylic acid groups (broad SMARTS) is 1. The predicted octanol–water partition coefficient (Wildman–Crippen LogP) is 1.97. The Labute approximate surface area is 157 Å². The van der Waals surface area contributed by atoms with Crippen LogP contribution in [0.4, 0.5) is 5.69 Å². The summed E-state index contributed by atoms with van der Waals surface area (Å²) in [6.45, 7) is 0.493. The Balaban J connectivity index is 1.53. The highest BCUT2D eigenvalue weighted by atomic mass is 16.4. The molecular formula is C20H22N4O3. The third kappa shape index (κ3) is 4.92. The number of hydrogen-bond acceptors (Lipinski definition) is 4. The summed E-state index contributed by atoms with van der Waals surface area (Å²) in [4.78, 5) is 27.4. The van der Waals surface area contributed by atoms with Crippen molar-refractivity contribution in [1.82, 2.24) is 10.7 Å². The average Bonchev–Trinajstić information content (AvgIpc) is 3.48. The van der Waals surface area contributed by atoms with Gasteiger partial charge in [0.1, 0.15) is 6.34 Å². The Hall–Kier alpha value is -3.19. The van der Waals surface area contributed by atoms with E-state index in [1.807, 2.05) is 24.3 Å². The van der Waals surface area contributed by atoms with Crippen LogP contribution in [0.25, 0.3) is 0 Å². The van der Waals surface area contributed by atoms with E-state index < -0.39 is 5.97 Å². The van der Waals surface area contributed by atoms with Crippen LogP contribution in [-0.2, 0) is 11.2 Å². The summed E-state index contributed by atoms with van der Waals surface area (Å²) in [5.41, 5.74) is 5.61. The molecule has 0 radical (unpaired) electrons. The predicted molar refractivity (Wildman–Crippen MR) is 103 cm³/mol. The number of carbonyl (C=O) groups excluding carboxylic acids is 1. The lowest BCUT2D eigenvalue weighted by atomic mass is 10.0. The van der Waals surface area contributed by atoms with E-state index in [1.54, 1.807) is 24.3 Å². The smallest absolute Gasteiger partial charge is 0.307 e. The number of nitrogens with one attached hydrogen (secondary N) is 2. The second-order valence-electron chi connectivity index (χ2n) is 6.51. The molecular weight excluding hydrogens is 344 g/mol. The maximum absolute atomic E-state index is 12.3. The van der Waals surface area contributed by atoms with Crippen LogP contribution in [0.2, 0.25) is 0 Å². The second-order valence-corrected chi connectivity index (χ2v) is 6.51. The van der Waals surface area contributed by atoms with Crippen molar-refractivity contribution in [2.75, 3.05) is 6.54 Å². The molecule has 140 valence electrons. The van der Waals surface area contributed by atoms with Crippen LogP contribution in [0.5, 0.6) is 0 Å². The first-order valence-electron chi connectivity index (χ1n) is 8.77. The third-order valence-corrected chi connectivity index (χ3v) is 4.58. The van der Waals surface area contributed by atoms with Crippen LogP contribution < -0.4 is 16.6 Å². The zero-order valence-corrected chi connectivity index (χ0v) is 14.8. The molecule has 3 rings (SSSR count). The molecule has 7 nitrogen and oxygen atoms in total. The summed E-state index contributed by atoms with van der Waals surface area (Å²) in [6.07, 6.45) is 2.73. The molecule has 0 bridgehead atoms. The van der Waals surface area contributed by atoms with Gasteiger partial charge in [-0.15, -0.1) is 0 Å². The highest BCUT2D eigenvalue weighted by Crippen LogP contribution is 2.47. The van der Waals surface area contributed by atoms with Gasteiger partial charge in [0.05, 0.1) is 11.6 Å². The number of benzene rings is 2. The van der Waals surface area contributed by atoms with E-state index in [1.165, 1.54) is 6.34 Å². The van der Waals surface area contributed by atoms with Crippen molar-refractivity contribution in [2.45, 2.75) is 18.8 Å². The minimum absolute atomic E-state index is 0.114. The van der Waals surface area contributed by atoms with E-state index in [0.29, 0.717) is 30.6 Å². The van der Waals surface area contributed by atoms with Gasteiger partial charge in [-0.25, -0.2) is 10.8 Å². The summed E-state index contributed by atoms with van der Waals surface area (Å²) in [5, 5.41) is 12.0. The molecule has 1 amide bonds. The molecule has 27 heavy (non-hydrogen) atoms. The van der Waals surface area contributed by atoms with Gasteiger partial charge >= 0.3 is 5.97 Å². The highest BCUT2D eigenvalue weighted by Gasteiger charge is 2.44. The molecule has 1 aliphatic carbocycles. The summed E-state index contributed by atoms with van der Waals surface area (Å²) in [7, 11) is 0. The van der Waals surface area contributed by atoms with Gasteiger partial charge in [-0.2, -0.15) is 0 Å². The van der Waals surface area contributed by atoms with E-state index in [2.05, 4.69) is 15.7 Å². The van der Waals surface area contributed by atoms with Gasteiger partial charge in [0, 0.05) is 12.1 Å². The van der Waals surface area contributed by atoms with Crippen molar-refractivity contribution in [3.63, 3.8) is 0 Å². The number of nitrogens with two attached hydrogens (primary N) is 1. The molecule has 2 aromatic carbocycles. The van der Waals surface area contributed by atoms with E-state index in [9.17, 15) is 9.59 Å². The Bertz CT molecular complexity index is 866. The van der Waals surface area contributed by atoms with Crippen molar-refractivity contribution in [3.05, 3.63) is 65.2 Å². The monoisotopic (exact) mass is 366 g/mol. The third-order valence-electron chi connectivity index (χ3n) is 4.58. The number of aliphatic imine (C=N–C) groups is 1. The summed E-state index contributed by atoms with van der Waals surface area (Å²) in [6, 6.07) is 14.9. The van der Waals surface area contributed by atoms with E-state index in [4.69, 9.17) is 10.9 Å². The minimum Gasteiger partial charge on any atom is -0.481 e. The molecule has 1 aliphatic rings. The summed E-state index contributed by atoms with van der Waals surface area (Å²) in [5.74, 6) is 4.10. The van der Waals surface area contributed by atoms with Gasteiger partial charge in [0.15, 0.2) is 0 Å². The van der Waals surface area contributed by atoms with Crippen LogP contribution in [0.1, 0.15) is 33.8 Å². The first-order valence-corrected chi connectivity index (χ1v) is 8.77. The number of nitrogens with zero attached hydrogens (tertiary/aromatic N) is 1. The fourth-order valence-corrected chi connectivity index (χ4v) is 3.08. The van der Waals surface area contributed by atoms with Gasteiger partial charge in [0.2, 0.25) is 0 Å². The fourth-order valence-electron chi connectivity index (χ4n) is 3.08. The molecule has 0 aromatic heterocycles. The quantitative estimate of drug-likeness (QED) is 0.247. The average molecular weight is 366 g/mol. The first kappa shape index (κ1) is 18.6. The summed E-state index contributed by atoms with van der Waals surface area (Å²) >= 11 is 0. The lowest BCUT2D eigenvalue weighted by Gasteiger charge is -2.07. The Morgan fingerprint density at radius 2 is 2.04 bits per heavy atom. The number of rotatable bonds is 8. The van der Waals surface area contributed by atoms with Crippen LogP contribution in [-0.4, -0.2) is 29.9 Å². The molecule has 5 N–H and O–H groups in total. The second kappa shape index (κ2) is 8.46. The lowest BCUT2D eigenvalue weighted by molar-refractivity contribution is -0.138. The molecule has 1 fully saturated rings. The van der Waals surface area contributed by atoms with Gasteiger partial charge in [0.25, 0.3) is 5.91 Å². The minimum atomic E-state index is -0.730. The van der Waals surface area contributed by atoms with Crippen LogP contribution >= 0.6 is 0 Å². The Morgan fingerprint density at radius 3 is 2.78 bits per heavy atom. The molecule has 0 aliphatic heterocycles. The topological polar surface area (TPSA) is 117 Å². The number of amides is 1. The van der Waals surface area contributed by atoms with E-state index in [0.717, 1.165) is 11.1 Å². The van der Waals surface area contributed by atoms with Crippen LogP contribution in [0, 0.1) is 5.92 Å². The summed E-state index contributed by atoms with van der Waals surface area (Å²) < 4.78 is 0. The molecule has 0 heterocycles. The van der Waals surface area contributed by atoms with E-state index in [-0.39, 0.29) is 17.7 Å². The molecule has 0 saturated heterocycles.